The second kappa shape index (κ2) is 6.58. The molecule has 0 saturated carbocycles. The van der Waals surface area contributed by atoms with Gasteiger partial charge in [-0.25, -0.2) is 4.39 Å². The molecule has 0 aliphatic heterocycles. The Morgan fingerprint density at radius 1 is 1.38 bits per heavy atom. The number of hydrogen-bond acceptors (Lipinski definition) is 2. The minimum atomic E-state index is -0.389. The van der Waals surface area contributed by atoms with Crippen molar-refractivity contribution in [3.8, 4) is 0 Å². The number of aromatic nitrogens is 2. The van der Waals surface area contributed by atoms with Gasteiger partial charge in [0.1, 0.15) is 5.82 Å². The third-order valence-corrected chi connectivity index (χ3v) is 4.36. The van der Waals surface area contributed by atoms with Crippen molar-refractivity contribution >= 4 is 11.6 Å². The molecule has 1 aromatic heterocycles. The minimum Gasteiger partial charge on any atom is -0.327 e. The quantitative estimate of drug-likeness (QED) is 0.920. The molecule has 2 rings (SSSR count). The highest BCUT2D eigenvalue weighted by molar-refractivity contribution is 6.31. The molecule has 1 heterocycles. The summed E-state index contributed by atoms with van der Waals surface area (Å²) < 4.78 is 15.3. The highest BCUT2D eigenvalue weighted by Gasteiger charge is 2.13. The van der Waals surface area contributed by atoms with Crippen LogP contribution in [0.2, 0.25) is 5.02 Å². The third kappa shape index (κ3) is 3.63. The highest BCUT2D eigenvalue weighted by atomic mass is 35.5. The second-order valence-electron chi connectivity index (χ2n) is 5.49. The summed E-state index contributed by atoms with van der Waals surface area (Å²) in [6.45, 7) is 4.07. The van der Waals surface area contributed by atoms with Gasteiger partial charge in [-0.15, -0.1) is 0 Å². The van der Waals surface area contributed by atoms with E-state index in [1.54, 1.807) is 6.07 Å². The van der Waals surface area contributed by atoms with Crippen LogP contribution in [0.15, 0.2) is 18.2 Å². The van der Waals surface area contributed by atoms with Crippen LogP contribution in [0.1, 0.15) is 28.9 Å². The first-order valence-electron chi connectivity index (χ1n) is 7.07. The zero-order chi connectivity index (χ0) is 15.6. The average molecular weight is 310 g/mol. The van der Waals surface area contributed by atoms with Crippen molar-refractivity contribution in [1.82, 2.24) is 9.78 Å². The lowest BCUT2D eigenvalue weighted by atomic mass is 9.99. The van der Waals surface area contributed by atoms with Gasteiger partial charge in [-0.1, -0.05) is 23.7 Å². The maximum Gasteiger partial charge on any atom is 0.142 e. The topological polar surface area (TPSA) is 43.8 Å². The number of aryl methyl sites for hydroxylation is 2. The Kier molecular flexibility index (Phi) is 5.01. The van der Waals surface area contributed by atoms with Crippen molar-refractivity contribution in [3.05, 3.63) is 51.6 Å². The summed E-state index contributed by atoms with van der Waals surface area (Å²) in [4.78, 5) is 0. The average Bonchev–Trinajstić information content (AvgIpc) is 2.67. The van der Waals surface area contributed by atoms with Crippen LogP contribution in [-0.4, -0.2) is 15.8 Å². The van der Waals surface area contributed by atoms with E-state index in [-0.39, 0.29) is 16.9 Å². The van der Waals surface area contributed by atoms with E-state index in [4.69, 9.17) is 17.3 Å². The van der Waals surface area contributed by atoms with Crippen LogP contribution in [-0.2, 0) is 19.9 Å². The summed E-state index contributed by atoms with van der Waals surface area (Å²) in [6.07, 6.45) is 2.27. The van der Waals surface area contributed by atoms with Crippen molar-refractivity contribution in [2.45, 2.75) is 39.2 Å². The number of hydrogen-bond donors (Lipinski definition) is 1. The van der Waals surface area contributed by atoms with Crippen LogP contribution in [0.25, 0.3) is 0 Å². The monoisotopic (exact) mass is 309 g/mol. The van der Waals surface area contributed by atoms with Gasteiger partial charge in [-0.05, 0) is 50.3 Å². The number of halogens is 2. The Balaban J connectivity index is 1.99. The SMILES string of the molecule is Cc1nn(C)c(C)c1CCC(N)Cc1cccc(F)c1Cl. The van der Waals surface area contributed by atoms with Gasteiger partial charge in [-0.3, -0.25) is 4.68 Å². The molecule has 2 aromatic rings. The van der Waals surface area contributed by atoms with E-state index >= 15 is 0 Å². The Hall–Kier alpha value is -1.39. The third-order valence-electron chi connectivity index (χ3n) is 3.94. The molecular weight excluding hydrogens is 289 g/mol. The first-order chi connectivity index (χ1) is 9.90. The molecule has 0 aliphatic rings. The Morgan fingerprint density at radius 3 is 2.71 bits per heavy atom. The van der Waals surface area contributed by atoms with Crippen molar-refractivity contribution in [1.29, 1.82) is 0 Å². The number of nitrogens with two attached hydrogens (primary N) is 1. The van der Waals surface area contributed by atoms with E-state index in [1.807, 2.05) is 24.7 Å². The second-order valence-corrected chi connectivity index (χ2v) is 5.87. The van der Waals surface area contributed by atoms with Gasteiger partial charge in [0, 0.05) is 18.8 Å². The van der Waals surface area contributed by atoms with Crippen molar-refractivity contribution < 1.29 is 4.39 Å². The molecule has 0 bridgehead atoms. The molecule has 0 spiro atoms. The maximum absolute atomic E-state index is 13.4. The van der Waals surface area contributed by atoms with Crippen LogP contribution >= 0.6 is 11.6 Å². The fourth-order valence-corrected chi connectivity index (χ4v) is 2.80. The predicted octanol–water partition coefficient (Wildman–Crippen LogP) is 3.33. The lowest BCUT2D eigenvalue weighted by Crippen LogP contribution is -2.24. The summed E-state index contributed by atoms with van der Waals surface area (Å²) in [6, 6.07) is 4.80. The van der Waals surface area contributed by atoms with Gasteiger partial charge < -0.3 is 5.73 Å². The van der Waals surface area contributed by atoms with Gasteiger partial charge in [-0.2, -0.15) is 5.10 Å². The molecule has 0 radical (unpaired) electrons. The van der Waals surface area contributed by atoms with Crippen LogP contribution in [0, 0.1) is 19.7 Å². The van der Waals surface area contributed by atoms with Gasteiger partial charge >= 0.3 is 0 Å². The van der Waals surface area contributed by atoms with Crippen molar-refractivity contribution in [2.24, 2.45) is 12.8 Å². The number of rotatable bonds is 5. The fourth-order valence-electron chi connectivity index (χ4n) is 2.60. The Labute approximate surface area is 129 Å². The molecule has 1 unspecified atom stereocenters. The smallest absolute Gasteiger partial charge is 0.142 e. The van der Waals surface area contributed by atoms with Gasteiger partial charge in [0.05, 0.1) is 10.7 Å². The molecule has 1 aromatic carbocycles. The van der Waals surface area contributed by atoms with E-state index in [0.717, 1.165) is 24.1 Å². The molecule has 0 aliphatic carbocycles. The largest absolute Gasteiger partial charge is 0.327 e. The highest BCUT2D eigenvalue weighted by Crippen LogP contribution is 2.22. The molecular formula is C16H21ClFN3. The van der Waals surface area contributed by atoms with Crippen molar-refractivity contribution in [3.63, 3.8) is 0 Å². The molecule has 114 valence electrons. The lowest BCUT2D eigenvalue weighted by Gasteiger charge is -2.13. The molecule has 3 nitrogen and oxygen atoms in total. The summed E-state index contributed by atoms with van der Waals surface area (Å²) in [7, 11) is 1.94. The minimum absolute atomic E-state index is 0.0525. The predicted molar refractivity (Wildman–Crippen MR) is 84.1 cm³/mol. The summed E-state index contributed by atoms with van der Waals surface area (Å²) in [5, 5.41) is 4.59. The number of nitrogens with zero attached hydrogens (tertiary/aromatic N) is 2. The Bertz CT molecular complexity index is 637. The number of benzene rings is 1. The van der Waals surface area contributed by atoms with E-state index in [1.165, 1.54) is 17.3 Å². The molecule has 2 N–H and O–H groups in total. The summed E-state index contributed by atoms with van der Waals surface area (Å²) in [5.74, 6) is -0.389. The van der Waals surface area contributed by atoms with Crippen LogP contribution in [0.3, 0.4) is 0 Å². The molecule has 1 atom stereocenters. The first-order valence-corrected chi connectivity index (χ1v) is 7.45. The van der Waals surface area contributed by atoms with E-state index in [2.05, 4.69) is 12.0 Å². The zero-order valence-electron chi connectivity index (χ0n) is 12.7. The lowest BCUT2D eigenvalue weighted by molar-refractivity contribution is 0.597. The molecule has 0 amide bonds. The van der Waals surface area contributed by atoms with E-state index < -0.39 is 0 Å². The molecule has 21 heavy (non-hydrogen) atoms. The first kappa shape index (κ1) is 16.0. The zero-order valence-corrected chi connectivity index (χ0v) is 13.4. The van der Waals surface area contributed by atoms with Crippen molar-refractivity contribution in [2.75, 3.05) is 0 Å². The van der Waals surface area contributed by atoms with Gasteiger partial charge in [0.2, 0.25) is 0 Å². The Morgan fingerprint density at radius 2 is 2.10 bits per heavy atom. The van der Waals surface area contributed by atoms with Crippen LogP contribution < -0.4 is 5.73 Å². The molecule has 0 saturated heterocycles. The summed E-state index contributed by atoms with van der Waals surface area (Å²) in [5.41, 5.74) is 10.4. The van der Waals surface area contributed by atoms with Gasteiger partial charge in [0.15, 0.2) is 0 Å². The molecule has 5 heteroatoms. The normalized spacial score (nSPS) is 12.7. The fraction of sp³-hybridized carbons (Fsp3) is 0.438. The summed E-state index contributed by atoms with van der Waals surface area (Å²) >= 11 is 5.96. The van der Waals surface area contributed by atoms with Crippen LogP contribution in [0.5, 0.6) is 0 Å². The maximum atomic E-state index is 13.4. The standard InChI is InChI=1S/C16H21ClFN3/c1-10-14(11(2)21(3)20-10)8-7-13(19)9-12-5-4-6-15(18)16(12)17/h4-6,13H,7-9,19H2,1-3H3. The van der Waals surface area contributed by atoms with Gasteiger partial charge in [0.25, 0.3) is 0 Å². The molecule has 0 fully saturated rings. The van der Waals surface area contributed by atoms with E-state index in [9.17, 15) is 4.39 Å². The van der Waals surface area contributed by atoms with E-state index in [0.29, 0.717) is 6.42 Å². The van der Waals surface area contributed by atoms with Crippen LogP contribution in [0.4, 0.5) is 4.39 Å².